The molecule has 4 heteroatoms. The Morgan fingerprint density at radius 2 is 2.30 bits per heavy atom. The third-order valence-electron chi connectivity index (χ3n) is 3.69. The predicted octanol–water partition coefficient (Wildman–Crippen LogP) is 3.73. The van der Waals surface area contributed by atoms with Crippen LogP contribution in [0.25, 0.3) is 10.8 Å². The van der Waals surface area contributed by atoms with Gasteiger partial charge in [0.05, 0.1) is 0 Å². The number of hydrogen-bond acceptors (Lipinski definition) is 4. The normalized spacial score (nSPS) is 20.9. The van der Waals surface area contributed by atoms with E-state index in [0.717, 1.165) is 6.54 Å². The topological polar surface area (TPSA) is 24.9 Å². The summed E-state index contributed by atoms with van der Waals surface area (Å²) in [6, 6.07) is 9.13. The number of nitrogens with zero attached hydrogens (tertiary/aromatic N) is 1. The van der Waals surface area contributed by atoms with Gasteiger partial charge < -0.3 is 5.32 Å². The van der Waals surface area contributed by atoms with Crippen molar-refractivity contribution in [1.29, 1.82) is 0 Å². The van der Waals surface area contributed by atoms with Crippen LogP contribution in [0.2, 0.25) is 0 Å². The summed E-state index contributed by atoms with van der Waals surface area (Å²) in [6.07, 6.45) is 3.88. The maximum absolute atomic E-state index is 4.32. The second kappa shape index (κ2) is 6.83. The summed E-state index contributed by atoms with van der Waals surface area (Å²) >= 11 is 4.19. The van der Waals surface area contributed by atoms with E-state index in [1.165, 1.54) is 33.6 Å². The van der Waals surface area contributed by atoms with Crippen molar-refractivity contribution in [2.24, 2.45) is 0 Å². The third-order valence-corrected chi connectivity index (χ3v) is 6.55. The molecule has 2 heterocycles. The zero-order valence-corrected chi connectivity index (χ0v) is 13.3. The molecule has 0 aliphatic carbocycles. The Bertz CT molecular complexity index is 562. The SMILES string of the molecule is CCNC(c1cccc2ccncc12)C1CSCCS1. The number of nitrogens with one attached hydrogen (secondary N) is 1. The van der Waals surface area contributed by atoms with Crippen molar-refractivity contribution in [3.63, 3.8) is 0 Å². The van der Waals surface area contributed by atoms with E-state index in [2.05, 4.69) is 65.0 Å². The molecule has 1 aromatic heterocycles. The zero-order chi connectivity index (χ0) is 13.8. The molecule has 2 aromatic rings. The van der Waals surface area contributed by atoms with Crippen molar-refractivity contribution >= 4 is 34.3 Å². The second-order valence-electron chi connectivity index (χ2n) is 4.96. The molecular formula is C16H20N2S2. The highest BCUT2D eigenvalue weighted by Gasteiger charge is 2.26. The fraction of sp³-hybridized carbons (Fsp3) is 0.438. The number of thioether (sulfide) groups is 2. The molecular weight excluding hydrogens is 284 g/mol. The fourth-order valence-electron chi connectivity index (χ4n) is 2.77. The zero-order valence-electron chi connectivity index (χ0n) is 11.7. The minimum absolute atomic E-state index is 0.422. The highest BCUT2D eigenvalue weighted by atomic mass is 32.2. The lowest BCUT2D eigenvalue weighted by molar-refractivity contribution is 0.554. The van der Waals surface area contributed by atoms with E-state index in [1.54, 1.807) is 0 Å². The van der Waals surface area contributed by atoms with Gasteiger partial charge in [0.1, 0.15) is 0 Å². The summed E-state index contributed by atoms with van der Waals surface area (Å²) < 4.78 is 0. The molecule has 0 amide bonds. The molecule has 0 saturated carbocycles. The summed E-state index contributed by atoms with van der Waals surface area (Å²) in [4.78, 5) is 4.32. The highest BCUT2D eigenvalue weighted by Crippen LogP contribution is 2.36. The van der Waals surface area contributed by atoms with Crippen molar-refractivity contribution in [3.8, 4) is 0 Å². The molecule has 1 N–H and O–H groups in total. The van der Waals surface area contributed by atoms with Crippen molar-refractivity contribution in [2.75, 3.05) is 23.8 Å². The van der Waals surface area contributed by atoms with Gasteiger partial charge in [0.15, 0.2) is 0 Å². The van der Waals surface area contributed by atoms with Crippen molar-refractivity contribution in [1.82, 2.24) is 10.3 Å². The number of pyridine rings is 1. The van der Waals surface area contributed by atoms with Crippen LogP contribution in [0.5, 0.6) is 0 Å². The lowest BCUT2D eigenvalue weighted by Crippen LogP contribution is -2.33. The summed E-state index contributed by atoms with van der Waals surface area (Å²) in [5, 5.41) is 6.93. The molecule has 1 fully saturated rings. The first-order chi connectivity index (χ1) is 9.90. The fourth-order valence-corrected chi connectivity index (χ4v) is 5.63. The van der Waals surface area contributed by atoms with Gasteiger partial charge in [-0.25, -0.2) is 0 Å². The molecule has 0 spiro atoms. The first kappa shape index (κ1) is 14.2. The van der Waals surface area contributed by atoms with Gasteiger partial charge in [-0.15, -0.1) is 0 Å². The van der Waals surface area contributed by atoms with Gasteiger partial charge in [0.25, 0.3) is 0 Å². The second-order valence-corrected chi connectivity index (χ2v) is 7.46. The Labute approximate surface area is 129 Å². The van der Waals surface area contributed by atoms with E-state index >= 15 is 0 Å². The maximum atomic E-state index is 4.32. The van der Waals surface area contributed by atoms with Gasteiger partial charge in [0, 0.05) is 46.3 Å². The molecule has 1 aromatic carbocycles. The smallest absolute Gasteiger partial charge is 0.0455 e. The number of hydrogen-bond donors (Lipinski definition) is 1. The molecule has 106 valence electrons. The van der Waals surface area contributed by atoms with Crippen LogP contribution in [-0.4, -0.2) is 34.0 Å². The molecule has 1 aliphatic heterocycles. The minimum atomic E-state index is 0.422. The Morgan fingerprint density at radius 3 is 3.10 bits per heavy atom. The van der Waals surface area contributed by atoms with E-state index < -0.39 is 0 Å². The lowest BCUT2D eigenvalue weighted by atomic mass is 9.98. The van der Waals surface area contributed by atoms with Gasteiger partial charge in [-0.1, -0.05) is 25.1 Å². The van der Waals surface area contributed by atoms with Crippen LogP contribution in [0, 0.1) is 0 Å². The summed E-state index contributed by atoms with van der Waals surface area (Å²) in [5.41, 5.74) is 1.40. The van der Waals surface area contributed by atoms with Gasteiger partial charge in [-0.05, 0) is 23.6 Å². The molecule has 20 heavy (non-hydrogen) atoms. The molecule has 1 saturated heterocycles. The van der Waals surface area contributed by atoms with Gasteiger partial charge in [-0.2, -0.15) is 23.5 Å². The molecule has 1 aliphatic rings. The largest absolute Gasteiger partial charge is 0.309 e. The van der Waals surface area contributed by atoms with Gasteiger partial charge in [-0.3, -0.25) is 4.98 Å². The Morgan fingerprint density at radius 1 is 1.35 bits per heavy atom. The first-order valence-electron chi connectivity index (χ1n) is 7.15. The van der Waals surface area contributed by atoms with Crippen molar-refractivity contribution in [3.05, 3.63) is 42.2 Å². The molecule has 2 atom stereocenters. The summed E-state index contributed by atoms with van der Waals surface area (Å²) in [5.74, 6) is 3.79. The molecule has 2 unspecified atom stereocenters. The van der Waals surface area contributed by atoms with E-state index in [9.17, 15) is 0 Å². The first-order valence-corrected chi connectivity index (χ1v) is 9.36. The quantitative estimate of drug-likeness (QED) is 0.930. The van der Waals surface area contributed by atoms with Crippen LogP contribution in [0.15, 0.2) is 36.7 Å². The number of rotatable bonds is 4. The molecule has 0 radical (unpaired) electrons. The predicted molar refractivity (Wildman–Crippen MR) is 91.7 cm³/mol. The van der Waals surface area contributed by atoms with Crippen molar-refractivity contribution in [2.45, 2.75) is 18.2 Å². The minimum Gasteiger partial charge on any atom is -0.309 e. The Kier molecular flexibility index (Phi) is 4.86. The standard InChI is InChI=1S/C16H20N2S2/c1-2-18-16(15-11-19-8-9-20-15)13-5-3-4-12-6-7-17-10-14(12)13/h3-7,10,15-16,18H,2,8-9,11H2,1H3. The monoisotopic (exact) mass is 304 g/mol. The van der Waals surface area contributed by atoms with Crippen molar-refractivity contribution < 1.29 is 0 Å². The summed E-state index contributed by atoms with van der Waals surface area (Å²) in [7, 11) is 0. The van der Waals surface area contributed by atoms with E-state index in [1.807, 2.05) is 12.4 Å². The van der Waals surface area contributed by atoms with Gasteiger partial charge >= 0.3 is 0 Å². The lowest BCUT2D eigenvalue weighted by Gasteiger charge is -2.31. The van der Waals surface area contributed by atoms with Crippen LogP contribution >= 0.6 is 23.5 Å². The van der Waals surface area contributed by atoms with Crippen LogP contribution < -0.4 is 5.32 Å². The van der Waals surface area contributed by atoms with Crippen LogP contribution in [0.3, 0.4) is 0 Å². The van der Waals surface area contributed by atoms with Gasteiger partial charge in [0.2, 0.25) is 0 Å². The number of benzene rings is 1. The number of fused-ring (bicyclic) bond motifs is 1. The highest BCUT2D eigenvalue weighted by molar-refractivity contribution is 8.06. The molecule has 3 rings (SSSR count). The Balaban J connectivity index is 2.00. The molecule has 2 nitrogen and oxygen atoms in total. The average molecular weight is 304 g/mol. The number of aromatic nitrogens is 1. The summed E-state index contributed by atoms with van der Waals surface area (Å²) in [6.45, 7) is 3.19. The molecule has 0 bridgehead atoms. The Hall–Kier alpha value is -0.710. The third kappa shape index (κ3) is 2.97. The van der Waals surface area contributed by atoms with E-state index in [0.29, 0.717) is 11.3 Å². The average Bonchev–Trinajstić information content (AvgIpc) is 2.53. The maximum Gasteiger partial charge on any atom is 0.0455 e. The van der Waals surface area contributed by atoms with Crippen LogP contribution in [0.4, 0.5) is 0 Å². The van der Waals surface area contributed by atoms with E-state index in [-0.39, 0.29) is 0 Å². The van der Waals surface area contributed by atoms with Crippen LogP contribution in [0.1, 0.15) is 18.5 Å². The van der Waals surface area contributed by atoms with E-state index in [4.69, 9.17) is 0 Å². The van der Waals surface area contributed by atoms with Crippen LogP contribution in [-0.2, 0) is 0 Å².